The van der Waals surface area contributed by atoms with Crippen molar-refractivity contribution < 1.29 is 29.7 Å². The lowest BCUT2D eigenvalue weighted by atomic mass is 10.0. The summed E-state index contributed by atoms with van der Waals surface area (Å²) in [5.41, 5.74) is 0. The molecule has 132 valence electrons. The second-order valence-electron chi connectivity index (χ2n) is 6.55. The number of quaternary nitrogens is 1. The fourth-order valence-electron chi connectivity index (χ4n) is 2.67. The Morgan fingerprint density at radius 3 is 1.05 bits per heavy atom. The Balaban J connectivity index is -0.00000162. The third kappa shape index (κ3) is 25.8. The van der Waals surface area contributed by atoms with E-state index in [9.17, 15) is 0 Å². The highest BCUT2D eigenvalue weighted by Gasteiger charge is 1.95. The Morgan fingerprint density at radius 2 is 0.762 bits per heavy atom. The monoisotopic (exact) mass is 340 g/mol. The molecule has 0 rings (SSSR count). The van der Waals surface area contributed by atoms with Crippen LogP contribution in [0.4, 0.5) is 0 Å². The van der Waals surface area contributed by atoms with E-state index >= 15 is 0 Å². The molecule has 0 unspecified atom stereocenters. The maximum atomic E-state index is 2.29. The quantitative estimate of drug-likeness (QED) is 0.350. The van der Waals surface area contributed by atoms with Crippen molar-refractivity contribution in [3.63, 3.8) is 0 Å². The topological polar surface area (TPSA) is 4.44 Å². The molecule has 0 heterocycles. The van der Waals surface area contributed by atoms with Crippen LogP contribution in [0, 0.1) is 0 Å². The summed E-state index contributed by atoms with van der Waals surface area (Å²) < 4.78 is 0. The van der Waals surface area contributed by atoms with Gasteiger partial charge in [0.1, 0.15) is 0 Å². The molecule has 0 saturated heterocycles. The Bertz CT molecular complexity index is 163. The SMILES string of the molecule is CCCCCCCCCCCCCCCC[NH+](C)C.[Cl-].[Cl-]. The number of hydrogen-bond donors (Lipinski definition) is 1. The molecular weight excluding hydrogens is 301 g/mol. The van der Waals surface area contributed by atoms with Crippen molar-refractivity contribution in [3.8, 4) is 0 Å². The summed E-state index contributed by atoms with van der Waals surface area (Å²) in [7, 11) is 4.50. The fourth-order valence-corrected chi connectivity index (χ4v) is 2.67. The smallest absolute Gasteiger partial charge is 0.0766 e. The van der Waals surface area contributed by atoms with Crippen molar-refractivity contribution >= 4 is 0 Å². The normalized spacial score (nSPS) is 10.3. The van der Waals surface area contributed by atoms with Crippen LogP contribution in [-0.2, 0) is 0 Å². The van der Waals surface area contributed by atoms with E-state index in [4.69, 9.17) is 0 Å². The Kier molecular flexibility index (Phi) is 28.7. The van der Waals surface area contributed by atoms with Gasteiger partial charge in [-0.05, 0) is 12.8 Å². The minimum absolute atomic E-state index is 0. The first kappa shape index (κ1) is 26.4. The van der Waals surface area contributed by atoms with E-state index in [0.717, 1.165) is 0 Å². The van der Waals surface area contributed by atoms with Gasteiger partial charge in [0.15, 0.2) is 0 Å². The average Bonchev–Trinajstić information content (AvgIpc) is 2.39. The van der Waals surface area contributed by atoms with Gasteiger partial charge in [0.2, 0.25) is 0 Å². The number of halogens is 2. The molecule has 0 fully saturated rings. The minimum atomic E-state index is 0. The predicted octanol–water partition coefficient (Wildman–Crippen LogP) is -1.38. The van der Waals surface area contributed by atoms with Crippen LogP contribution in [-0.4, -0.2) is 20.6 Å². The molecule has 21 heavy (non-hydrogen) atoms. The van der Waals surface area contributed by atoms with E-state index < -0.39 is 0 Å². The lowest BCUT2D eigenvalue weighted by Gasteiger charge is -2.06. The molecule has 0 aromatic carbocycles. The highest BCUT2D eigenvalue weighted by atomic mass is 35.5. The van der Waals surface area contributed by atoms with Gasteiger partial charge in [0, 0.05) is 0 Å². The van der Waals surface area contributed by atoms with Gasteiger partial charge in [-0.1, -0.05) is 84.0 Å². The van der Waals surface area contributed by atoms with Gasteiger partial charge in [0.25, 0.3) is 0 Å². The summed E-state index contributed by atoms with van der Waals surface area (Å²) in [6.45, 7) is 3.64. The molecular formula is C18H40Cl2N-. The average molecular weight is 341 g/mol. The summed E-state index contributed by atoms with van der Waals surface area (Å²) in [5.74, 6) is 0. The predicted molar refractivity (Wildman–Crippen MR) is 88.0 cm³/mol. The summed E-state index contributed by atoms with van der Waals surface area (Å²) >= 11 is 0. The van der Waals surface area contributed by atoms with Crippen LogP contribution in [0.3, 0.4) is 0 Å². The molecule has 0 aromatic heterocycles. The Hall–Kier alpha value is 0.540. The van der Waals surface area contributed by atoms with Gasteiger partial charge in [-0.3, -0.25) is 0 Å². The van der Waals surface area contributed by atoms with E-state index in [2.05, 4.69) is 21.0 Å². The summed E-state index contributed by atoms with van der Waals surface area (Å²) in [6, 6.07) is 0. The third-order valence-electron chi connectivity index (χ3n) is 4.03. The first-order valence-electron chi connectivity index (χ1n) is 9.06. The molecule has 0 spiro atoms. The summed E-state index contributed by atoms with van der Waals surface area (Å²) in [5, 5.41) is 0. The molecule has 0 atom stereocenters. The molecule has 0 saturated carbocycles. The fraction of sp³-hybridized carbons (Fsp3) is 1.00. The second kappa shape index (κ2) is 22.8. The van der Waals surface area contributed by atoms with Crippen molar-refractivity contribution in [2.75, 3.05) is 20.6 Å². The lowest BCUT2D eigenvalue weighted by molar-refractivity contribution is -0.858. The molecule has 0 aliphatic rings. The van der Waals surface area contributed by atoms with Crippen molar-refractivity contribution in [3.05, 3.63) is 0 Å². The second-order valence-corrected chi connectivity index (χ2v) is 6.55. The van der Waals surface area contributed by atoms with Crippen LogP contribution in [0.1, 0.15) is 96.8 Å². The Labute approximate surface area is 147 Å². The maximum Gasteiger partial charge on any atom is 0.0766 e. The first-order chi connectivity index (χ1) is 9.27. The largest absolute Gasteiger partial charge is 1.00 e. The number of unbranched alkanes of at least 4 members (excludes halogenated alkanes) is 13. The maximum absolute atomic E-state index is 2.29. The standard InChI is InChI=1S/C18H39N.2ClH/c1-4-5-6-7-8-9-10-11-12-13-14-15-16-17-18-19(2)3;;/h4-18H2,1-3H3;2*1H/p-1. The van der Waals surface area contributed by atoms with Crippen LogP contribution < -0.4 is 29.7 Å². The van der Waals surface area contributed by atoms with Crippen LogP contribution in [0.15, 0.2) is 0 Å². The lowest BCUT2D eigenvalue weighted by Crippen LogP contribution is -3.05. The van der Waals surface area contributed by atoms with Crippen molar-refractivity contribution in [1.29, 1.82) is 0 Å². The van der Waals surface area contributed by atoms with E-state index in [-0.39, 0.29) is 24.8 Å². The molecule has 0 aliphatic carbocycles. The van der Waals surface area contributed by atoms with Crippen LogP contribution in [0.5, 0.6) is 0 Å². The molecule has 0 bridgehead atoms. The van der Waals surface area contributed by atoms with E-state index in [1.165, 1.54) is 96.4 Å². The third-order valence-corrected chi connectivity index (χ3v) is 4.03. The number of nitrogens with one attached hydrogen (secondary N) is 1. The zero-order valence-electron chi connectivity index (χ0n) is 14.9. The molecule has 3 heteroatoms. The Morgan fingerprint density at radius 1 is 0.476 bits per heavy atom. The number of hydrogen-bond acceptors (Lipinski definition) is 0. The number of rotatable bonds is 15. The van der Waals surface area contributed by atoms with Gasteiger partial charge < -0.3 is 29.7 Å². The zero-order valence-corrected chi connectivity index (χ0v) is 16.4. The van der Waals surface area contributed by atoms with E-state index in [1.807, 2.05) is 0 Å². The van der Waals surface area contributed by atoms with Gasteiger partial charge >= 0.3 is 0 Å². The van der Waals surface area contributed by atoms with Crippen molar-refractivity contribution in [1.82, 2.24) is 0 Å². The highest BCUT2D eigenvalue weighted by Crippen LogP contribution is 2.12. The minimum Gasteiger partial charge on any atom is -1.00 e. The molecule has 0 radical (unpaired) electrons. The van der Waals surface area contributed by atoms with Crippen LogP contribution in [0.25, 0.3) is 0 Å². The van der Waals surface area contributed by atoms with E-state index in [1.54, 1.807) is 4.90 Å². The molecule has 1 nitrogen and oxygen atoms in total. The molecule has 0 amide bonds. The van der Waals surface area contributed by atoms with Gasteiger partial charge in [-0.2, -0.15) is 0 Å². The van der Waals surface area contributed by atoms with Gasteiger partial charge in [0.05, 0.1) is 20.6 Å². The summed E-state index contributed by atoms with van der Waals surface area (Å²) in [6.07, 6.45) is 20.4. The van der Waals surface area contributed by atoms with Gasteiger partial charge in [-0.25, -0.2) is 0 Å². The molecule has 1 N–H and O–H groups in total. The van der Waals surface area contributed by atoms with Crippen molar-refractivity contribution in [2.24, 2.45) is 0 Å². The summed E-state index contributed by atoms with van der Waals surface area (Å²) in [4.78, 5) is 1.60. The first-order valence-corrected chi connectivity index (χ1v) is 9.06. The molecule has 0 aliphatic heterocycles. The van der Waals surface area contributed by atoms with E-state index in [0.29, 0.717) is 0 Å². The molecule has 0 aromatic rings. The van der Waals surface area contributed by atoms with Crippen LogP contribution >= 0.6 is 0 Å². The van der Waals surface area contributed by atoms with Crippen LogP contribution in [0.2, 0.25) is 0 Å². The van der Waals surface area contributed by atoms with Crippen molar-refractivity contribution in [2.45, 2.75) is 96.8 Å². The highest BCUT2D eigenvalue weighted by molar-refractivity contribution is 4.49. The van der Waals surface area contributed by atoms with Gasteiger partial charge in [-0.15, -0.1) is 0 Å². The zero-order chi connectivity index (χ0) is 14.2.